The van der Waals surface area contributed by atoms with E-state index in [1.807, 2.05) is 0 Å². The van der Waals surface area contributed by atoms with Gasteiger partial charge in [-0.2, -0.15) is 0 Å². The number of alkyl halides is 2. The lowest BCUT2D eigenvalue weighted by Gasteiger charge is -2.19. The summed E-state index contributed by atoms with van der Waals surface area (Å²) < 4.78 is 24.3. The van der Waals surface area contributed by atoms with Crippen LogP contribution in [0.4, 0.5) is 13.6 Å². The molecule has 0 aromatic rings. The highest BCUT2D eigenvalue weighted by Gasteiger charge is 2.35. The standard InChI is InChI=1S/C4H4F2N2O2/c5-1-2(6)7-4(10)8-3(1)9/h1-2H,(H2,7,8,9,10). The van der Waals surface area contributed by atoms with Gasteiger partial charge < -0.3 is 5.32 Å². The third-order valence-electron chi connectivity index (χ3n) is 1.01. The minimum absolute atomic E-state index is 1.01. The monoisotopic (exact) mass is 150 g/mol. The molecule has 0 radical (unpaired) electrons. The van der Waals surface area contributed by atoms with Crippen molar-refractivity contribution in [3.8, 4) is 0 Å². The number of urea groups is 1. The molecule has 2 N–H and O–H groups in total. The molecule has 0 aromatic carbocycles. The van der Waals surface area contributed by atoms with Crippen molar-refractivity contribution in [2.75, 3.05) is 0 Å². The SMILES string of the molecule is O=C1NC(=O)C(F)C(F)N1. The quantitative estimate of drug-likeness (QED) is 0.455. The van der Waals surface area contributed by atoms with Crippen molar-refractivity contribution in [1.82, 2.24) is 10.6 Å². The molecule has 1 saturated heterocycles. The van der Waals surface area contributed by atoms with Gasteiger partial charge in [0.15, 0.2) is 0 Å². The molecule has 1 rings (SSSR count). The van der Waals surface area contributed by atoms with Crippen molar-refractivity contribution in [2.24, 2.45) is 0 Å². The molecule has 0 aliphatic carbocycles. The highest BCUT2D eigenvalue weighted by Crippen LogP contribution is 2.04. The fraction of sp³-hybridized carbons (Fsp3) is 0.500. The number of halogens is 2. The van der Waals surface area contributed by atoms with Crippen molar-refractivity contribution >= 4 is 11.9 Å². The van der Waals surface area contributed by atoms with Crippen LogP contribution in [-0.2, 0) is 4.79 Å². The van der Waals surface area contributed by atoms with Gasteiger partial charge in [0, 0.05) is 0 Å². The molecule has 4 nitrogen and oxygen atoms in total. The molecule has 0 bridgehead atoms. The van der Waals surface area contributed by atoms with Gasteiger partial charge in [0.2, 0.25) is 12.5 Å². The van der Waals surface area contributed by atoms with Crippen LogP contribution in [0.3, 0.4) is 0 Å². The number of nitrogens with one attached hydrogen (secondary N) is 2. The fourth-order valence-electron chi connectivity index (χ4n) is 0.548. The Labute approximate surface area is 54.6 Å². The van der Waals surface area contributed by atoms with E-state index in [-0.39, 0.29) is 0 Å². The van der Waals surface area contributed by atoms with Crippen molar-refractivity contribution in [1.29, 1.82) is 0 Å². The highest BCUT2D eigenvalue weighted by atomic mass is 19.2. The van der Waals surface area contributed by atoms with Crippen LogP contribution in [0.2, 0.25) is 0 Å². The lowest BCUT2D eigenvalue weighted by Crippen LogP contribution is -2.57. The molecule has 2 atom stereocenters. The minimum Gasteiger partial charge on any atom is -0.305 e. The van der Waals surface area contributed by atoms with E-state index in [0.29, 0.717) is 0 Å². The first-order valence-corrected chi connectivity index (χ1v) is 2.51. The summed E-state index contributed by atoms with van der Waals surface area (Å²) in [6.07, 6.45) is -4.51. The summed E-state index contributed by atoms with van der Waals surface area (Å²) in [6.45, 7) is 0. The summed E-state index contributed by atoms with van der Waals surface area (Å²) in [7, 11) is 0. The lowest BCUT2D eigenvalue weighted by atomic mass is 10.3. The number of carbonyl (C=O) groups excluding carboxylic acids is 2. The lowest BCUT2D eigenvalue weighted by molar-refractivity contribution is -0.128. The van der Waals surface area contributed by atoms with Gasteiger partial charge in [-0.15, -0.1) is 0 Å². The third kappa shape index (κ3) is 1.04. The first-order chi connectivity index (χ1) is 4.61. The molecular formula is C4H4F2N2O2. The van der Waals surface area contributed by atoms with Crippen LogP contribution >= 0.6 is 0 Å². The number of carbonyl (C=O) groups is 2. The van der Waals surface area contributed by atoms with Gasteiger partial charge in [-0.1, -0.05) is 0 Å². The molecule has 3 amide bonds. The van der Waals surface area contributed by atoms with Crippen molar-refractivity contribution in [2.45, 2.75) is 12.5 Å². The zero-order valence-corrected chi connectivity index (χ0v) is 4.73. The Hall–Kier alpha value is -1.20. The second kappa shape index (κ2) is 2.20. The van der Waals surface area contributed by atoms with E-state index in [4.69, 9.17) is 0 Å². The Morgan fingerprint density at radius 1 is 1.30 bits per heavy atom. The second-order valence-electron chi connectivity index (χ2n) is 1.77. The molecule has 1 fully saturated rings. The molecule has 2 unspecified atom stereocenters. The second-order valence-corrected chi connectivity index (χ2v) is 1.77. The van der Waals surface area contributed by atoms with Crippen molar-refractivity contribution in [3.63, 3.8) is 0 Å². The predicted molar refractivity (Wildman–Crippen MR) is 26.5 cm³/mol. The van der Waals surface area contributed by atoms with Crippen LogP contribution in [0.15, 0.2) is 0 Å². The van der Waals surface area contributed by atoms with Crippen LogP contribution in [0.1, 0.15) is 0 Å². The van der Waals surface area contributed by atoms with E-state index in [9.17, 15) is 18.4 Å². The molecule has 1 aliphatic heterocycles. The Balaban J connectivity index is 2.66. The van der Waals surface area contributed by atoms with Crippen LogP contribution < -0.4 is 10.6 Å². The van der Waals surface area contributed by atoms with E-state index in [2.05, 4.69) is 0 Å². The average Bonchev–Trinajstić information content (AvgIpc) is 1.82. The predicted octanol–water partition coefficient (Wildman–Crippen LogP) is -0.541. The van der Waals surface area contributed by atoms with Gasteiger partial charge in [-0.05, 0) is 0 Å². The normalized spacial score (nSPS) is 33.0. The van der Waals surface area contributed by atoms with E-state index in [1.54, 1.807) is 10.6 Å². The molecule has 0 spiro atoms. The molecule has 0 saturated carbocycles. The minimum atomic E-state index is -2.29. The van der Waals surface area contributed by atoms with E-state index >= 15 is 0 Å². The van der Waals surface area contributed by atoms with Gasteiger partial charge in [0.25, 0.3) is 5.91 Å². The number of imide groups is 1. The first-order valence-electron chi connectivity index (χ1n) is 2.51. The van der Waals surface area contributed by atoms with Crippen LogP contribution in [0.25, 0.3) is 0 Å². The maximum absolute atomic E-state index is 12.1. The van der Waals surface area contributed by atoms with Crippen molar-refractivity contribution < 1.29 is 18.4 Å². The summed E-state index contributed by atoms with van der Waals surface area (Å²) in [6, 6.07) is -1.01. The molecule has 10 heavy (non-hydrogen) atoms. The number of rotatable bonds is 0. The number of amides is 3. The summed E-state index contributed by atoms with van der Waals surface area (Å²) in [5.74, 6) is -1.24. The van der Waals surface area contributed by atoms with E-state index < -0.39 is 24.4 Å². The summed E-state index contributed by atoms with van der Waals surface area (Å²) in [4.78, 5) is 20.4. The first kappa shape index (κ1) is 6.91. The van der Waals surface area contributed by atoms with E-state index in [0.717, 1.165) is 0 Å². The number of hydrogen-bond acceptors (Lipinski definition) is 2. The van der Waals surface area contributed by atoms with E-state index in [1.165, 1.54) is 0 Å². The summed E-state index contributed by atoms with van der Waals surface area (Å²) >= 11 is 0. The Kier molecular flexibility index (Phi) is 1.52. The van der Waals surface area contributed by atoms with Crippen molar-refractivity contribution in [3.05, 3.63) is 0 Å². The Morgan fingerprint density at radius 3 is 2.40 bits per heavy atom. The Morgan fingerprint density at radius 2 is 1.90 bits per heavy atom. The summed E-state index contributed by atoms with van der Waals surface area (Å²) in [5, 5.41) is 3.10. The maximum Gasteiger partial charge on any atom is 0.323 e. The molecule has 56 valence electrons. The zero-order valence-electron chi connectivity index (χ0n) is 4.73. The maximum atomic E-state index is 12.1. The summed E-state index contributed by atoms with van der Waals surface area (Å²) in [5.41, 5.74) is 0. The smallest absolute Gasteiger partial charge is 0.305 e. The molecule has 0 aromatic heterocycles. The third-order valence-corrected chi connectivity index (χ3v) is 1.01. The topological polar surface area (TPSA) is 58.2 Å². The fourth-order valence-corrected chi connectivity index (χ4v) is 0.548. The van der Waals surface area contributed by atoms with Gasteiger partial charge in [0.1, 0.15) is 0 Å². The largest absolute Gasteiger partial charge is 0.323 e. The van der Waals surface area contributed by atoms with Gasteiger partial charge in [-0.3, -0.25) is 10.1 Å². The zero-order chi connectivity index (χ0) is 7.72. The van der Waals surface area contributed by atoms with Crippen LogP contribution in [-0.4, -0.2) is 24.4 Å². The van der Waals surface area contributed by atoms with Crippen LogP contribution in [0.5, 0.6) is 0 Å². The highest BCUT2D eigenvalue weighted by molar-refractivity contribution is 5.99. The van der Waals surface area contributed by atoms with Crippen LogP contribution in [0, 0.1) is 0 Å². The number of hydrogen-bond donors (Lipinski definition) is 2. The van der Waals surface area contributed by atoms with Gasteiger partial charge in [0.05, 0.1) is 0 Å². The molecule has 1 aliphatic rings. The van der Waals surface area contributed by atoms with Gasteiger partial charge >= 0.3 is 6.03 Å². The molecule has 1 heterocycles. The molecule has 6 heteroatoms. The Bertz CT molecular complexity index is 184. The molecular weight excluding hydrogens is 146 g/mol. The average molecular weight is 150 g/mol. The van der Waals surface area contributed by atoms with Gasteiger partial charge in [-0.25, -0.2) is 13.6 Å².